The van der Waals surface area contributed by atoms with Gasteiger partial charge in [-0.2, -0.15) is 5.10 Å². The summed E-state index contributed by atoms with van der Waals surface area (Å²) in [7, 11) is 0. The Labute approximate surface area is 165 Å². The van der Waals surface area contributed by atoms with Crippen LogP contribution in [0.1, 0.15) is 12.5 Å². The number of oxazole rings is 1. The van der Waals surface area contributed by atoms with E-state index in [4.69, 9.17) is 16.0 Å². The van der Waals surface area contributed by atoms with Crippen LogP contribution in [0.15, 0.2) is 53.2 Å². The summed E-state index contributed by atoms with van der Waals surface area (Å²) in [5.74, 6) is 1.12. The van der Waals surface area contributed by atoms with Crippen molar-refractivity contribution < 1.29 is 9.21 Å². The highest BCUT2D eigenvalue weighted by molar-refractivity contribution is 6.33. The Morgan fingerprint density at radius 1 is 1.21 bits per heavy atom. The third-order valence-corrected chi connectivity index (χ3v) is 4.46. The van der Waals surface area contributed by atoms with Gasteiger partial charge in [0.15, 0.2) is 5.76 Å². The first kappa shape index (κ1) is 17.9. The van der Waals surface area contributed by atoms with Crippen molar-refractivity contribution in [3.05, 3.63) is 59.4 Å². The van der Waals surface area contributed by atoms with Gasteiger partial charge in [-0.15, -0.1) is 0 Å². The highest BCUT2D eigenvalue weighted by Crippen LogP contribution is 2.39. The summed E-state index contributed by atoms with van der Waals surface area (Å²) in [6.45, 7) is 3.32. The fourth-order valence-electron chi connectivity index (χ4n) is 2.83. The van der Waals surface area contributed by atoms with E-state index < -0.39 is 0 Å². The minimum atomic E-state index is -0.205. The molecule has 3 aromatic heterocycles. The number of amides is 1. The highest BCUT2D eigenvalue weighted by atomic mass is 35.5. The van der Waals surface area contributed by atoms with Crippen LogP contribution in [-0.4, -0.2) is 26.1 Å². The molecule has 0 fully saturated rings. The number of hydrogen-bond acceptors (Lipinski definition) is 5. The van der Waals surface area contributed by atoms with Crippen LogP contribution in [0.2, 0.25) is 5.02 Å². The van der Waals surface area contributed by atoms with Gasteiger partial charge in [0.1, 0.15) is 17.2 Å². The molecular formula is C20H16ClN5O2. The Bertz CT molecular complexity index is 1150. The summed E-state index contributed by atoms with van der Waals surface area (Å²) < 4.78 is 6.14. The van der Waals surface area contributed by atoms with Gasteiger partial charge in [0.25, 0.3) is 0 Å². The van der Waals surface area contributed by atoms with Crippen molar-refractivity contribution in [1.29, 1.82) is 0 Å². The Morgan fingerprint density at radius 2 is 2.04 bits per heavy atom. The molecule has 0 saturated carbocycles. The molecule has 2 N–H and O–H groups in total. The maximum absolute atomic E-state index is 11.4. The SMILES string of the molecule is CC(=O)Nc1cc(-c2nc(-c3cc[nH]n3)c(-c3ccccc3Cl)o2)c(C)cn1. The van der Waals surface area contributed by atoms with Gasteiger partial charge in [0.05, 0.1) is 5.02 Å². The number of rotatable bonds is 4. The van der Waals surface area contributed by atoms with E-state index in [0.717, 1.165) is 11.1 Å². The molecule has 7 nitrogen and oxygen atoms in total. The molecular weight excluding hydrogens is 378 g/mol. The predicted octanol–water partition coefficient (Wildman–Crippen LogP) is 4.71. The minimum absolute atomic E-state index is 0.205. The molecule has 8 heteroatoms. The maximum atomic E-state index is 11.4. The second-order valence-corrected chi connectivity index (χ2v) is 6.61. The van der Waals surface area contributed by atoms with E-state index >= 15 is 0 Å². The molecule has 28 heavy (non-hydrogen) atoms. The molecule has 0 spiro atoms. The Hall–Kier alpha value is -3.45. The van der Waals surface area contributed by atoms with Gasteiger partial charge in [0.2, 0.25) is 11.8 Å². The van der Waals surface area contributed by atoms with Crippen LogP contribution in [0.5, 0.6) is 0 Å². The topological polar surface area (TPSA) is 96.7 Å². The number of aryl methyl sites for hydroxylation is 1. The van der Waals surface area contributed by atoms with Crippen LogP contribution in [0.25, 0.3) is 34.2 Å². The van der Waals surface area contributed by atoms with Crippen molar-refractivity contribution in [2.75, 3.05) is 5.32 Å². The van der Waals surface area contributed by atoms with E-state index in [1.165, 1.54) is 6.92 Å². The molecule has 1 aromatic carbocycles. The van der Waals surface area contributed by atoms with Gasteiger partial charge >= 0.3 is 0 Å². The van der Waals surface area contributed by atoms with Crippen LogP contribution in [0, 0.1) is 6.92 Å². The molecule has 1 amide bonds. The number of carbonyl (C=O) groups excluding carboxylic acids is 1. The van der Waals surface area contributed by atoms with E-state index in [9.17, 15) is 4.79 Å². The minimum Gasteiger partial charge on any atom is -0.435 e. The Morgan fingerprint density at radius 3 is 2.75 bits per heavy atom. The van der Waals surface area contributed by atoms with E-state index in [1.54, 1.807) is 24.5 Å². The van der Waals surface area contributed by atoms with Gasteiger partial charge in [-0.3, -0.25) is 9.89 Å². The van der Waals surface area contributed by atoms with Gasteiger partial charge < -0.3 is 9.73 Å². The lowest BCUT2D eigenvalue weighted by Crippen LogP contribution is -2.07. The average molecular weight is 394 g/mol. The van der Waals surface area contributed by atoms with Crippen LogP contribution >= 0.6 is 11.6 Å². The second kappa shape index (κ2) is 7.28. The molecule has 0 aliphatic heterocycles. The van der Waals surface area contributed by atoms with Gasteiger partial charge in [-0.1, -0.05) is 23.7 Å². The first-order chi connectivity index (χ1) is 13.5. The number of halogens is 1. The monoisotopic (exact) mass is 393 g/mol. The lowest BCUT2D eigenvalue weighted by molar-refractivity contribution is -0.114. The molecule has 0 unspecified atom stereocenters. The summed E-state index contributed by atoms with van der Waals surface area (Å²) in [6.07, 6.45) is 3.38. The third-order valence-electron chi connectivity index (χ3n) is 4.13. The lowest BCUT2D eigenvalue weighted by atomic mass is 10.1. The van der Waals surface area contributed by atoms with Crippen molar-refractivity contribution in [2.24, 2.45) is 0 Å². The number of aromatic amines is 1. The van der Waals surface area contributed by atoms with Gasteiger partial charge in [0, 0.05) is 30.4 Å². The lowest BCUT2D eigenvalue weighted by Gasteiger charge is -2.05. The number of pyridine rings is 1. The van der Waals surface area contributed by atoms with Crippen molar-refractivity contribution in [3.8, 4) is 34.2 Å². The zero-order valence-electron chi connectivity index (χ0n) is 15.2. The summed E-state index contributed by atoms with van der Waals surface area (Å²) in [6, 6.07) is 10.9. The number of anilines is 1. The molecule has 0 aliphatic rings. The van der Waals surface area contributed by atoms with E-state index in [0.29, 0.717) is 39.4 Å². The summed E-state index contributed by atoms with van der Waals surface area (Å²) in [4.78, 5) is 20.3. The average Bonchev–Trinajstić information content (AvgIpc) is 3.32. The highest BCUT2D eigenvalue weighted by Gasteiger charge is 2.22. The standard InChI is InChI=1S/C20H16ClN5O2/c1-11-10-22-17(24-12(2)27)9-14(11)20-25-18(16-7-8-23-26-16)19(28-20)13-5-3-4-6-15(13)21/h3-10H,1-2H3,(H,23,26)(H,22,24,27). The fraction of sp³-hybridized carbons (Fsp3) is 0.100. The van der Waals surface area contributed by atoms with E-state index in [-0.39, 0.29) is 5.91 Å². The van der Waals surface area contributed by atoms with Crippen molar-refractivity contribution in [1.82, 2.24) is 20.2 Å². The molecule has 0 atom stereocenters. The zero-order chi connectivity index (χ0) is 19.7. The summed E-state index contributed by atoms with van der Waals surface area (Å²) in [5, 5.41) is 10.2. The fourth-order valence-corrected chi connectivity index (χ4v) is 3.05. The van der Waals surface area contributed by atoms with Crippen LogP contribution in [-0.2, 0) is 4.79 Å². The van der Waals surface area contributed by atoms with Gasteiger partial charge in [-0.05, 0) is 36.8 Å². The molecule has 0 saturated heterocycles. The van der Waals surface area contributed by atoms with Crippen molar-refractivity contribution in [3.63, 3.8) is 0 Å². The van der Waals surface area contributed by atoms with Crippen LogP contribution in [0.4, 0.5) is 5.82 Å². The summed E-state index contributed by atoms with van der Waals surface area (Å²) in [5.41, 5.74) is 3.50. The Balaban J connectivity index is 1.90. The van der Waals surface area contributed by atoms with Crippen molar-refractivity contribution in [2.45, 2.75) is 13.8 Å². The predicted molar refractivity (Wildman–Crippen MR) is 107 cm³/mol. The smallest absolute Gasteiger partial charge is 0.227 e. The first-order valence-electron chi connectivity index (χ1n) is 8.53. The van der Waals surface area contributed by atoms with E-state index in [2.05, 4.69) is 25.5 Å². The number of nitrogens with one attached hydrogen (secondary N) is 2. The quantitative estimate of drug-likeness (QED) is 0.523. The number of aromatic nitrogens is 4. The molecule has 140 valence electrons. The van der Waals surface area contributed by atoms with Crippen LogP contribution < -0.4 is 5.32 Å². The Kier molecular flexibility index (Phi) is 4.67. The maximum Gasteiger partial charge on any atom is 0.227 e. The molecule has 4 rings (SSSR count). The first-order valence-corrected chi connectivity index (χ1v) is 8.91. The molecule has 4 aromatic rings. The molecule has 0 aliphatic carbocycles. The number of carbonyl (C=O) groups is 1. The van der Waals surface area contributed by atoms with Gasteiger partial charge in [-0.25, -0.2) is 9.97 Å². The number of nitrogens with zero attached hydrogens (tertiary/aromatic N) is 3. The normalized spacial score (nSPS) is 10.8. The third kappa shape index (κ3) is 3.39. The number of hydrogen-bond donors (Lipinski definition) is 2. The number of H-pyrrole nitrogens is 1. The largest absolute Gasteiger partial charge is 0.435 e. The number of benzene rings is 1. The summed E-state index contributed by atoms with van der Waals surface area (Å²) >= 11 is 6.39. The van der Waals surface area contributed by atoms with Crippen LogP contribution in [0.3, 0.4) is 0 Å². The second-order valence-electron chi connectivity index (χ2n) is 6.20. The molecule has 0 bridgehead atoms. The zero-order valence-corrected chi connectivity index (χ0v) is 15.9. The molecule has 0 radical (unpaired) electrons. The molecule has 3 heterocycles. The van der Waals surface area contributed by atoms with E-state index in [1.807, 2.05) is 31.2 Å². The van der Waals surface area contributed by atoms with Crippen molar-refractivity contribution >= 4 is 23.3 Å².